The number of hydrogen-bond acceptors (Lipinski definition) is 7. The molecule has 0 N–H and O–H groups in total. The molecule has 2 atom stereocenters. The fourth-order valence-electron chi connectivity index (χ4n) is 7.52. The summed E-state index contributed by atoms with van der Waals surface area (Å²) in [6.07, 6.45) is 11.5. The maximum absolute atomic E-state index is 14.3. The molecular weight excluding hydrogens is 593 g/mol. The Balaban J connectivity index is 1.10. The van der Waals surface area contributed by atoms with Crippen LogP contribution in [0, 0.1) is 0 Å². The summed E-state index contributed by atoms with van der Waals surface area (Å²) in [6, 6.07) is 22.5. The van der Waals surface area contributed by atoms with E-state index in [1.54, 1.807) is 18.4 Å². The minimum absolute atomic E-state index is 0.0211. The lowest BCUT2D eigenvalue weighted by molar-refractivity contribution is 0.0261. The first kappa shape index (κ1) is 31.2. The molecule has 2 saturated heterocycles. The average Bonchev–Trinajstić information content (AvgIpc) is 3.77. The molecule has 3 fully saturated rings. The highest BCUT2D eigenvalue weighted by Gasteiger charge is 2.32. The number of hydrogen-bond donors (Lipinski definition) is 0. The van der Waals surface area contributed by atoms with E-state index in [1.165, 1.54) is 77.5 Å². The van der Waals surface area contributed by atoms with E-state index in [2.05, 4.69) is 21.9 Å². The Hall–Kier alpha value is -3.39. The Morgan fingerprint density at radius 3 is 2.24 bits per heavy atom. The van der Waals surface area contributed by atoms with E-state index in [9.17, 15) is 4.79 Å². The largest absolute Gasteiger partial charge is 0.497 e. The van der Waals surface area contributed by atoms with Crippen LogP contribution in [0.15, 0.2) is 66.7 Å². The van der Waals surface area contributed by atoms with Gasteiger partial charge in [-0.3, -0.25) is 14.6 Å². The minimum Gasteiger partial charge on any atom is -0.497 e. The summed E-state index contributed by atoms with van der Waals surface area (Å²) in [4.78, 5) is 20.3. The number of benzene rings is 3. The van der Waals surface area contributed by atoms with Crippen LogP contribution >= 0.6 is 11.3 Å². The molecule has 0 bridgehead atoms. The van der Waals surface area contributed by atoms with E-state index in [0.717, 1.165) is 56.3 Å². The molecule has 1 saturated carbocycles. The number of nitrogens with zero attached hydrogens (tertiary/aromatic N) is 2. The molecule has 4 aromatic rings. The zero-order chi connectivity index (χ0) is 31.3. The van der Waals surface area contributed by atoms with Crippen molar-refractivity contribution in [3.05, 3.63) is 77.9 Å². The molecule has 3 heterocycles. The smallest absolute Gasteiger partial charge is 0.195 e. The fourth-order valence-corrected chi connectivity index (χ4v) is 8.75. The molecule has 0 amide bonds. The van der Waals surface area contributed by atoms with E-state index < -0.39 is 0 Å². The van der Waals surface area contributed by atoms with Gasteiger partial charge < -0.3 is 14.2 Å². The van der Waals surface area contributed by atoms with Crippen molar-refractivity contribution in [3.8, 4) is 27.7 Å². The van der Waals surface area contributed by atoms with Crippen LogP contribution in [0.1, 0.15) is 73.7 Å². The Labute approximate surface area is 277 Å². The van der Waals surface area contributed by atoms with E-state index in [0.29, 0.717) is 18.2 Å². The van der Waals surface area contributed by atoms with Crippen molar-refractivity contribution in [1.29, 1.82) is 0 Å². The van der Waals surface area contributed by atoms with Crippen molar-refractivity contribution in [3.63, 3.8) is 0 Å². The molecule has 1 aromatic heterocycles. The topological polar surface area (TPSA) is 51.2 Å². The maximum atomic E-state index is 14.3. The number of ether oxygens (including phenoxy) is 3. The molecule has 7 rings (SSSR count). The van der Waals surface area contributed by atoms with Crippen LogP contribution in [-0.4, -0.2) is 74.2 Å². The second kappa shape index (κ2) is 14.6. The van der Waals surface area contributed by atoms with Crippen LogP contribution < -0.4 is 14.2 Å². The van der Waals surface area contributed by atoms with Crippen molar-refractivity contribution in [2.75, 3.05) is 46.4 Å². The number of carbonyl (C=O) groups excluding carboxylic acids is 1. The summed E-state index contributed by atoms with van der Waals surface area (Å²) in [5, 5.41) is 0.948. The van der Waals surface area contributed by atoms with Gasteiger partial charge in [0.2, 0.25) is 0 Å². The van der Waals surface area contributed by atoms with Crippen LogP contribution in [-0.2, 0) is 0 Å². The summed E-state index contributed by atoms with van der Waals surface area (Å²) in [7, 11) is 1.68. The predicted molar refractivity (Wildman–Crippen MR) is 187 cm³/mol. The van der Waals surface area contributed by atoms with Gasteiger partial charge >= 0.3 is 0 Å². The first-order valence-electron chi connectivity index (χ1n) is 17.3. The lowest BCUT2D eigenvalue weighted by atomic mass is 9.90. The van der Waals surface area contributed by atoms with Crippen LogP contribution in [0.2, 0.25) is 0 Å². The van der Waals surface area contributed by atoms with Gasteiger partial charge in [0.05, 0.1) is 7.11 Å². The van der Waals surface area contributed by atoms with Crippen LogP contribution in [0.25, 0.3) is 20.5 Å². The van der Waals surface area contributed by atoms with E-state index in [-0.39, 0.29) is 11.9 Å². The summed E-state index contributed by atoms with van der Waals surface area (Å²) in [6.45, 7) is 6.37. The molecule has 0 spiro atoms. The molecule has 242 valence electrons. The van der Waals surface area contributed by atoms with Crippen LogP contribution in [0.4, 0.5) is 0 Å². The average molecular weight is 639 g/mol. The van der Waals surface area contributed by atoms with Gasteiger partial charge in [-0.25, -0.2) is 0 Å². The van der Waals surface area contributed by atoms with Crippen LogP contribution in [0.5, 0.6) is 17.2 Å². The number of likely N-dealkylation sites (tertiary alicyclic amines) is 2. The van der Waals surface area contributed by atoms with Gasteiger partial charge in [-0.05, 0) is 143 Å². The quantitative estimate of drug-likeness (QED) is 0.154. The third-order valence-electron chi connectivity index (χ3n) is 10.0. The second-order valence-electron chi connectivity index (χ2n) is 13.0. The zero-order valence-corrected chi connectivity index (χ0v) is 27.9. The predicted octanol–water partition coefficient (Wildman–Crippen LogP) is 8.46. The fraction of sp³-hybridized carbons (Fsp3) is 0.462. The number of carbonyl (C=O) groups is 1. The number of methoxy groups -OCH3 is 1. The number of piperidine rings is 1. The highest BCUT2D eigenvalue weighted by Crippen LogP contribution is 2.42. The molecule has 3 aliphatic rings. The van der Waals surface area contributed by atoms with Gasteiger partial charge in [-0.2, -0.15) is 0 Å². The zero-order valence-electron chi connectivity index (χ0n) is 27.0. The molecular formula is C39H46N2O4S. The van der Waals surface area contributed by atoms with Crippen molar-refractivity contribution < 1.29 is 19.0 Å². The van der Waals surface area contributed by atoms with Crippen molar-refractivity contribution in [2.45, 2.75) is 69.9 Å². The Morgan fingerprint density at radius 2 is 1.48 bits per heavy atom. The molecule has 46 heavy (non-hydrogen) atoms. The van der Waals surface area contributed by atoms with Gasteiger partial charge in [0.25, 0.3) is 0 Å². The summed E-state index contributed by atoms with van der Waals surface area (Å²) in [5.74, 6) is 2.52. The van der Waals surface area contributed by atoms with Crippen molar-refractivity contribution >= 4 is 27.2 Å². The van der Waals surface area contributed by atoms with Crippen LogP contribution in [0.3, 0.4) is 0 Å². The summed E-state index contributed by atoms with van der Waals surface area (Å²) < 4.78 is 19.2. The minimum atomic E-state index is 0.0211. The van der Waals surface area contributed by atoms with Crippen molar-refractivity contribution in [1.82, 2.24) is 9.80 Å². The molecule has 0 radical (unpaired) electrons. The Morgan fingerprint density at radius 1 is 0.783 bits per heavy atom. The summed E-state index contributed by atoms with van der Waals surface area (Å²) >= 11 is 1.63. The molecule has 2 unspecified atom stereocenters. The molecule has 3 aromatic carbocycles. The van der Waals surface area contributed by atoms with E-state index in [4.69, 9.17) is 14.2 Å². The van der Waals surface area contributed by atoms with Gasteiger partial charge in [0.15, 0.2) is 5.78 Å². The lowest BCUT2D eigenvalue weighted by Gasteiger charge is -2.41. The number of thiophene rings is 1. The van der Waals surface area contributed by atoms with E-state index >= 15 is 0 Å². The molecule has 7 heteroatoms. The van der Waals surface area contributed by atoms with Gasteiger partial charge in [0.1, 0.15) is 30.0 Å². The number of ketones is 1. The first-order chi connectivity index (χ1) is 22.7. The Bertz CT molecular complexity index is 1600. The molecule has 2 aliphatic heterocycles. The number of fused-ring (bicyclic) bond motifs is 1. The second-order valence-corrected chi connectivity index (χ2v) is 14.1. The number of rotatable bonds is 11. The standard InChI is InChI=1S/C39H46N2O4S/c1-43-32-19-20-33-36(27-32)46-39(29-13-15-30(16-14-29)44-26-25-40-21-7-8-22-40)37(33)38(42)28-11-17-31(18-12-28)45-35-10-4-3-9-34(35)41-23-5-2-6-24-41/h11-20,27,34-35H,2-10,21-26H2,1H3. The van der Waals surface area contributed by atoms with E-state index in [1.807, 2.05) is 54.6 Å². The third-order valence-corrected chi connectivity index (χ3v) is 11.2. The summed E-state index contributed by atoms with van der Waals surface area (Å²) in [5.41, 5.74) is 2.41. The SMILES string of the molecule is COc1ccc2c(C(=O)c3ccc(OC4CCCCC4N4CCCCC4)cc3)c(-c3ccc(OCCN4CCCC4)cc3)sc2c1. The highest BCUT2D eigenvalue weighted by molar-refractivity contribution is 7.22. The molecule has 6 nitrogen and oxygen atoms in total. The third kappa shape index (κ3) is 6.97. The van der Waals surface area contributed by atoms with Crippen molar-refractivity contribution in [2.24, 2.45) is 0 Å². The molecule has 1 aliphatic carbocycles. The maximum Gasteiger partial charge on any atom is 0.195 e. The normalized spacial score (nSPS) is 21.0. The first-order valence-corrected chi connectivity index (χ1v) is 18.1. The highest BCUT2D eigenvalue weighted by atomic mass is 32.1. The van der Waals surface area contributed by atoms with Gasteiger partial charge in [0, 0.05) is 38.7 Å². The monoisotopic (exact) mass is 638 g/mol. The Kier molecular flexibility index (Phi) is 9.89. The lowest BCUT2D eigenvalue weighted by Crippen LogP contribution is -2.49. The van der Waals surface area contributed by atoms with Gasteiger partial charge in [-0.1, -0.05) is 12.8 Å². The van der Waals surface area contributed by atoms with Gasteiger partial charge in [-0.15, -0.1) is 11.3 Å².